The predicted octanol–water partition coefficient (Wildman–Crippen LogP) is 3.05. The number of nitrogens with zero attached hydrogens (tertiary/aromatic N) is 3. The fraction of sp³-hybridized carbons (Fsp3) is 0.222. The largest absolute Gasteiger partial charge is 0.471 e. The van der Waals surface area contributed by atoms with Crippen LogP contribution >= 0.6 is 15.9 Å². The summed E-state index contributed by atoms with van der Waals surface area (Å²) in [5, 5.41) is 3.84. The molecule has 0 bridgehead atoms. The molecule has 0 aliphatic heterocycles. The van der Waals surface area contributed by atoms with E-state index < -0.39 is 12.1 Å². The fourth-order valence-corrected chi connectivity index (χ4v) is 1.41. The molecule has 0 radical (unpaired) electrons. The Hall–Kier alpha value is -1.44. The van der Waals surface area contributed by atoms with Crippen LogP contribution in [0.4, 0.5) is 13.2 Å². The van der Waals surface area contributed by atoms with E-state index in [9.17, 15) is 13.2 Å². The Morgan fingerprint density at radius 1 is 1.29 bits per heavy atom. The van der Waals surface area contributed by atoms with Gasteiger partial charge in [-0.1, -0.05) is 27.2 Å². The van der Waals surface area contributed by atoms with Gasteiger partial charge in [0.2, 0.25) is 5.82 Å². The van der Waals surface area contributed by atoms with Crippen molar-refractivity contribution in [2.24, 2.45) is 0 Å². The van der Waals surface area contributed by atoms with Gasteiger partial charge in [-0.15, -0.1) is 0 Å². The third-order valence-electron chi connectivity index (χ3n) is 1.88. The molecule has 0 spiro atoms. The van der Waals surface area contributed by atoms with E-state index in [1.54, 1.807) is 6.07 Å². The molecule has 0 saturated heterocycles. The Morgan fingerprint density at radius 3 is 2.53 bits per heavy atom. The minimum Gasteiger partial charge on any atom is -0.329 e. The van der Waals surface area contributed by atoms with E-state index in [1.165, 1.54) is 12.3 Å². The van der Waals surface area contributed by atoms with E-state index in [2.05, 4.69) is 35.6 Å². The maximum Gasteiger partial charge on any atom is 0.471 e. The van der Waals surface area contributed by atoms with Gasteiger partial charge in [0.15, 0.2) is 0 Å². The zero-order valence-electron chi connectivity index (χ0n) is 8.20. The molecule has 0 atom stereocenters. The van der Waals surface area contributed by atoms with Gasteiger partial charge in [-0.2, -0.15) is 18.2 Å². The second-order valence-corrected chi connectivity index (χ2v) is 3.67. The van der Waals surface area contributed by atoms with Crippen molar-refractivity contribution in [3.8, 4) is 11.5 Å². The summed E-state index contributed by atoms with van der Waals surface area (Å²) in [5.74, 6) is -1.56. The van der Waals surface area contributed by atoms with Crippen molar-refractivity contribution in [2.45, 2.75) is 11.5 Å². The van der Waals surface area contributed by atoms with E-state index in [-0.39, 0.29) is 11.5 Å². The van der Waals surface area contributed by atoms with Gasteiger partial charge < -0.3 is 4.52 Å². The Bertz CT molecular complexity index is 509. The van der Waals surface area contributed by atoms with Crippen LogP contribution in [0.5, 0.6) is 0 Å². The van der Waals surface area contributed by atoms with Gasteiger partial charge in [-0.25, -0.2) is 0 Å². The predicted molar refractivity (Wildman–Crippen MR) is 55.2 cm³/mol. The van der Waals surface area contributed by atoms with E-state index in [0.717, 1.165) is 5.56 Å². The van der Waals surface area contributed by atoms with Crippen LogP contribution < -0.4 is 0 Å². The monoisotopic (exact) mass is 307 g/mol. The number of halogens is 4. The number of hydrogen-bond acceptors (Lipinski definition) is 4. The molecule has 17 heavy (non-hydrogen) atoms. The van der Waals surface area contributed by atoms with E-state index in [1.807, 2.05) is 0 Å². The number of aromatic nitrogens is 3. The van der Waals surface area contributed by atoms with Crippen molar-refractivity contribution in [3.63, 3.8) is 0 Å². The minimum atomic E-state index is -4.64. The van der Waals surface area contributed by atoms with Crippen LogP contribution in [0.1, 0.15) is 11.5 Å². The van der Waals surface area contributed by atoms with Crippen LogP contribution in [0.25, 0.3) is 11.5 Å². The summed E-state index contributed by atoms with van der Waals surface area (Å²) >= 11 is 3.23. The van der Waals surface area contributed by atoms with Crippen molar-refractivity contribution >= 4 is 15.9 Å². The lowest BCUT2D eigenvalue weighted by Crippen LogP contribution is -2.04. The topological polar surface area (TPSA) is 51.8 Å². The summed E-state index contributed by atoms with van der Waals surface area (Å²) in [6.45, 7) is 0. The first kappa shape index (κ1) is 12.0. The highest BCUT2D eigenvalue weighted by Gasteiger charge is 2.38. The molecule has 4 nitrogen and oxygen atoms in total. The van der Waals surface area contributed by atoms with Gasteiger partial charge in [0, 0.05) is 11.5 Å². The molecule has 2 aromatic rings. The normalized spacial score (nSPS) is 11.8. The third kappa shape index (κ3) is 2.63. The number of rotatable bonds is 2. The standard InChI is InChI=1S/C9H5BrF3N3O/c10-3-5-1-2-6(14-4-5)7-15-8(17-16-7)9(11,12)13/h1-2,4H,3H2. The van der Waals surface area contributed by atoms with Crippen molar-refractivity contribution in [1.82, 2.24) is 15.1 Å². The van der Waals surface area contributed by atoms with Gasteiger partial charge in [-0.3, -0.25) is 4.98 Å². The highest BCUT2D eigenvalue weighted by Crippen LogP contribution is 2.28. The molecule has 2 rings (SSSR count). The molecule has 2 aromatic heterocycles. The average Bonchev–Trinajstić information content (AvgIpc) is 2.78. The molecule has 0 amide bonds. The minimum absolute atomic E-state index is 0.182. The quantitative estimate of drug-likeness (QED) is 0.800. The Labute approximate surface area is 102 Å². The molecule has 8 heteroatoms. The Morgan fingerprint density at radius 2 is 2.06 bits per heavy atom. The van der Waals surface area contributed by atoms with Gasteiger partial charge in [0.05, 0.1) is 0 Å². The fourth-order valence-electron chi connectivity index (χ4n) is 1.08. The number of hydrogen-bond donors (Lipinski definition) is 0. The lowest BCUT2D eigenvalue weighted by Gasteiger charge is -1.97. The molecule has 0 aromatic carbocycles. The van der Waals surface area contributed by atoms with Crippen molar-refractivity contribution in [3.05, 3.63) is 29.8 Å². The highest BCUT2D eigenvalue weighted by molar-refractivity contribution is 9.08. The van der Waals surface area contributed by atoms with Crippen LogP contribution in [0.3, 0.4) is 0 Å². The average molecular weight is 308 g/mol. The first-order valence-corrected chi connectivity index (χ1v) is 5.55. The summed E-state index contributed by atoms with van der Waals surface area (Å²) in [7, 11) is 0. The van der Waals surface area contributed by atoms with Crippen molar-refractivity contribution < 1.29 is 17.7 Å². The van der Waals surface area contributed by atoms with Gasteiger partial charge >= 0.3 is 12.1 Å². The first-order valence-electron chi connectivity index (χ1n) is 4.43. The lowest BCUT2D eigenvalue weighted by molar-refractivity contribution is -0.159. The summed E-state index contributed by atoms with van der Waals surface area (Å²) in [4.78, 5) is 7.16. The van der Waals surface area contributed by atoms with Crippen molar-refractivity contribution in [2.75, 3.05) is 0 Å². The zero-order valence-corrected chi connectivity index (χ0v) is 9.79. The second kappa shape index (κ2) is 4.44. The molecule has 0 N–H and O–H groups in total. The first-order chi connectivity index (χ1) is 8.00. The SMILES string of the molecule is FC(F)(F)c1nc(-c2ccc(CBr)cn2)no1. The Kier molecular flexibility index (Phi) is 3.14. The smallest absolute Gasteiger partial charge is 0.329 e. The number of pyridine rings is 1. The highest BCUT2D eigenvalue weighted by atomic mass is 79.9. The van der Waals surface area contributed by atoms with E-state index in [0.29, 0.717) is 5.33 Å². The van der Waals surface area contributed by atoms with E-state index in [4.69, 9.17) is 0 Å². The lowest BCUT2D eigenvalue weighted by atomic mass is 10.3. The molecule has 2 heterocycles. The van der Waals surface area contributed by atoms with Crippen LogP contribution in [-0.4, -0.2) is 15.1 Å². The van der Waals surface area contributed by atoms with Gasteiger partial charge in [-0.05, 0) is 11.6 Å². The Balaban J connectivity index is 2.30. The molecule has 90 valence electrons. The van der Waals surface area contributed by atoms with Gasteiger partial charge in [0.25, 0.3) is 0 Å². The summed E-state index contributed by atoms with van der Waals surface area (Å²) in [5.41, 5.74) is 1.13. The van der Waals surface area contributed by atoms with Crippen molar-refractivity contribution in [1.29, 1.82) is 0 Å². The third-order valence-corrected chi connectivity index (χ3v) is 2.52. The molecule has 0 saturated carbocycles. The summed E-state index contributed by atoms with van der Waals surface area (Å²) < 4.78 is 40.7. The maximum absolute atomic E-state index is 12.2. The van der Waals surface area contributed by atoms with Crippen LogP contribution in [-0.2, 0) is 11.5 Å². The zero-order chi connectivity index (χ0) is 12.5. The molecule has 0 aliphatic rings. The van der Waals surface area contributed by atoms with Crippen LogP contribution in [0.2, 0.25) is 0 Å². The van der Waals surface area contributed by atoms with Gasteiger partial charge in [0.1, 0.15) is 5.69 Å². The summed E-state index contributed by atoms with van der Waals surface area (Å²) in [6.07, 6.45) is -3.12. The molecule has 0 aliphatic carbocycles. The number of alkyl halides is 4. The molecule has 0 fully saturated rings. The van der Waals surface area contributed by atoms with E-state index >= 15 is 0 Å². The van der Waals surface area contributed by atoms with Crippen LogP contribution in [0, 0.1) is 0 Å². The second-order valence-electron chi connectivity index (χ2n) is 3.11. The maximum atomic E-state index is 12.2. The summed E-state index contributed by atoms with van der Waals surface area (Å²) in [6, 6.07) is 3.24. The molecule has 0 unspecified atom stereocenters. The molecular weight excluding hydrogens is 303 g/mol. The van der Waals surface area contributed by atoms with Crippen LogP contribution in [0.15, 0.2) is 22.9 Å². The molecular formula is C9H5BrF3N3O.